The molecule has 3 N–H and O–H groups in total. The maximum Gasteiger partial charge on any atom is 0.338 e. The molecule has 8 heteroatoms. The molecule has 0 atom stereocenters. The number of aryl methyl sites for hydroxylation is 1. The van der Waals surface area contributed by atoms with Gasteiger partial charge < -0.3 is 14.8 Å². The van der Waals surface area contributed by atoms with E-state index in [1.807, 2.05) is 13.8 Å². The highest BCUT2D eigenvalue weighted by Gasteiger charge is 2.17. The van der Waals surface area contributed by atoms with E-state index >= 15 is 0 Å². The molecule has 2 aromatic rings. The summed E-state index contributed by atoms with van der Waals surface area (Å²) in [6.45, 7) is 3.85. The highest BCUT2D eigenvalue weighted by molar-refractivity contribution is 5.95. The number of carboxylic acids is 1. The van der Waals surface area contributed by atoms with Crippen molar-refractivity contribution >= 4 is 11.9 Å². The standard InChI is InChI=1S/C15H17N3O5/c1-3-9-10(13(19)18-17-11(9)4-2)6-16-14(20)12-5-8(7-23-12)15(21)22/h5,7H,3-4,6H2,1-2H3,(H,16,20)(H,18,19)(H,21,22). The van der Waals surface area contributed by atoms with Crippen molar-refractivity contribution in [3.63, 3.8) is 0 Å². The average molecular weight is 319 g/mol. The fraction of sp³-hybridized carbons (Fsp3) is 0.333. The Morgan fingerprint density at radius 1 is 1.30 bits per heavy atom. The summed E-state index contributed by atoms with van der Waals surface area (Å²) in [5.74, 6) is -1.89. The van der Waals surface area contributed by atoms with Gasteiger partial charge in [0.15, 0.2) is 5.76 Å². The van der Waals surface area contributed by atoms with Gasteiger partial charge in [0.1, 0.15) is 6.26 Å². The summed E-state index contributed by atoms with van der Waals surface area (Å²) < 4.78 is 4.92. The Labute approximate surface area is 131 Å². The Bertz CT molecular complexity index is 791. The first kappa shape index (κ1) is 16.5. The Balaban J connectivity index is 2.18. The van der Waals surface area contributed by atoms with Gasteiger partial charge in [-0.2, -0.15) is 5.10 Å². The van der Waals surface area contributed by atoms with E-state index in [1.54, 1.807) is 0 Å². The fourth-order valence-electron chi connectivity index (χ4n) is 2.28. The van der Waals surface area contributed by atoms with Crippen LogP contribution < -0.4 is 10.9 Å². The molecule has 0 radical (unpaired) electrons. The van der Waals surface area contributed by atoms with Gasteiger partial charge in [-0.15, -0.1) is 0 Å². The molecule has 0 aromatic carbocycles. The molecule has 2 rings (SSSR count). The van der Waals surface area contributed by atoms with Crippen LogP contribution in [0.2, 0.25) is 0 Å². The van der Waals surface area contributed by atoms with Crippen molar-refractivity contribution in [1.82, 2.24) is 15.5 Å². The van der Waals surface area contributed by atoms with Gasteiger partial charge >= 0.3 is 5.97 Å². The summed E-state index contributed by atoms with van der Waals surface area (Å²) in [4.78, 5) is 34.7. The van der Waals surface area contributed by atoms with Crippen LogP contribution in [0.5, 0.6) is 0 Å². The van der Waals surface area contributed by atoms with Crippen LogP contribution in [-0.4, -0.2) is 27.2 Å². The van der Waals surface area contributed by atoms with Crippen LogP contribution in [0.3, 0.4) is 0 Å². The Hall–Kier alpha value is -2.90. The predicted molar refractivity (Wildman–Crippen MR) is 80.5 cm³/mol. The van der Waals surface area contributed by atoms with Crippen molar-refractivity contribution in [2.24, 2.45) is 0 Å². The van der Waals surface area contributed by atoms with Gasteiger partial charge in [-0.3, -0.25) is 9.59 Å². The number of aromatic nitrogens is 2. The van der Waals surface area contributed by atoms with Crippen molar-refractivity contribution < 1.29 is 19.1 Å². The van der Waals surface area contributed by atoms with E-state index in [4.69, 9.17) is 9.52 Å². The number of aromatic carboxylic acids is 1. The summed E-state index contributed by atoms with van der Waals surface area (Å²) in [6, 6.07) is 1.13. The molecule has 2 aromatic heterocycles. The lowest BCUT2D eigenvalue weighted by molar-refractivity contribution is 0.0696. The Morgan fingerprint density at radius 3 is 2.61 bits per heavy atom. The largest absolute Gasteiger partial charge is 0.478 e. The lowest BCUT2D eigenvalue weighted by Crippen LogP contribution is -2.29. The number of aromatic amines is 1. The van der Waals surface area contributed by atoms with E-state index in [9.17, 15) is 14.4 Å². The number of rotatable bonds is 6. The number of furan rings is 1. The third-order valence-corrected chi connectivity index (χ3v) is 3.46. The van der Waals surface area contributed by atoms with Crippen LogP contribution in [0, 0.1) is 0 Å². The lowest BCUT2D eigenvalue weighted by Gasteiger charge is -2.10. The molecule has 122 valence electrons. The summed E-state index contributed by atoms with van der Waals surface area (Å²) in [5.41, 5.74) is 1.56. The van der Waals surface area contributed by atoms with Crippen molar-refractivity contribution in [3.8, 4) is 0 Å². The second kappa shape index (κ2) is 6.91. The van der Waals surface area contributed by atoms with Crippen LogP contribution in [0.25, 0.3) is 0 Å². The molecule has 1 amide bonds. The molecule has 0 bridgehead atoms. The number of carbonyl (C=O) groups excluding carboxylic acids is 1. The molecule has 8 nitrogen and oxygen atoms in total. The average Bonchev–Trinajstić information content (AvgIpc) is 3.03. The topological polar surface area (TPSA) is 125 Å². The van der Waals surface area contributed by atoms with E-state index in [0.29, 0.717) is 18.4 Å². The van der Waals surface area contributed by atoms with Gasteiger partial charge in [0.05, 0.1) is 11.3 Å². The minimum atomic E-state index is -1.18. The third-order valence-electron chi connectivity index (χ3n) is 3.46. The molecule has 23 heavy (non-hydrogen) atoms. The number of nitrogens with one attached hydrogen (secondary N) is 2. The lowest BCUT2D eigenvalue weighted by atomic mass is 10.0. The molecule has 2 heterocycles. The number of hydrogen-bond acceptors (Lipinski definition) is 5. The molecule has 0 fully saturated rings. The summed E-state index contributed by atoms with van der Waals surface area (Å²) in [5, 5.41) is 17.8. The highest BCUT2D eigenvalue weighted by atomic mass is 16.4. The normalized spacial score (nSPS) is 10.5. The molecular formula is C15H17N3O5. The van der Waals surface area contributed by atoms with Crippen LogP contribution >= 0.6 is 0 Å². The predicted octanol–water partition coefficient (Wildman–Crippen LogP) is 1.12. The fourth-order valence-corrected chi connectivity index (χ4v) is 2.28. The highest BCUT2D eigenvalue weighted by Crippen LogP contribution is 2.11. The van der Waals surface area contributed by atoms with Crippen LogP contribution in [0.15, 0.2) is 21.5 Å². The molecule has 0 aliphatic carbocycles. The molecular weight excluding hydrogens is 302 g/mol. The van der Waals surface area contributed by atoms with E-state index in [2.05, 4.69) is 15.5 Å². The molecule has 0 aliphatic heterocycles. The summed E-state index contributed by atoms with van der Waals surface area (Å²) >= 11 is 0. The second-order valence-electron chi connectivity index (χ2n) is 4.85. The first-order valence-electron chi connectivity index (χ1n) is 7.17. The van der Waals surface area contributed by atoms with E-state index < -0.39 is 11.9 Å². The smallest absolute Gasteiger partial charge is 0.338 e. The zero-order valence-electron chi connectivity index (χ0n) is 12.8. The quantitative estimate of drug-likeness (QED) is 0.732. The minimum absolute atomic E-state index is 0.00989. The minimum Gasteiger partial charge on any atom is -0.478 e. The van der Waals surface area contributed by atoms with Gasteiger partial charge in [-0.1, -0.05) is 13.8 Å². The van der Waals surface area contributed by atoms with Crippen LogP contribution in [0.4, 0.5) is 0 Å². The third kappa shape index (κ3) is 3.47. The number of carboxylic acid groups (broad SMARTS) is 1. The SMILES string of the molecule is CCc1n[nH]c(=O)c(CNC(=O)c2cc(C(=O)O)co2)c1CC. The van der Waals surface area contributed by atoms with Gasteiger partial charge in [-0.25, -0.2) is 9.89 Å². The molecule has 0 aliphatic rings. The number of amides is 1. The van der Waals surface area contributed by atoms with Gasteiger partial charge in [0.25, 0.3) is 11.5 Å². The number of nitrogens with zero attached hydrogens (tertiary/aromatic N) is 1. The van der Waals surface area contributed by atoms with Gasteiger partial charge in [-0.05, 0) is 18.4 Å². The van der Waals surface area contributed by atoms with Crippen LogP contribution in [-0.2, 0) is 19.4 Å². The first-order chi connectivity index (χ1) is 11.0. The van der Waals surface area contributed by atoms with Gasteiger partial charge in [0.2, 0.25) is 0 Å². The van der Waals surface area contributed by atoms with E-state index in [0.717, 1.165) is 23.6 Å². The zero-order chi connectivity index (χ0) is 17.0. The summed E-state index contributed by atoms with van der Waals surface area (Å²) in [7, 11) is 0. The second-order valence-corrected chi connectivity index (χ2v) is 4.85. The number of carbonyl (C=O) groups is 2. The number of hydrogen-bond donors (Lipinski definition) is 3. The Morgan fingerprint density at radius 2 is 2.04 bits per heavy atom. The molecule has 0 saturated carbocycles. The summed E-state index contributed by atoms with van der Waals surface area (Å²) in [6.07, 6.45) is 2.28. The molecule has 0 saturated heterocycles. The zero-order valence-corrected chi connectivity index (χ0v) is 12.8. The maximum atomic E-state index is 12.0. The molecule has 0 spiro atoms. The van der Waals surface area contributed by atoms with Crippen molar-refractivity contribution in [2.45, 2.75) is 33.2 Å². The van der Waals surface area contributed by atoms with Crippen molar-refractivity contribution in [3.05, 3.63) is 50.8 Å². The monoisotopic (exact) mass is 319 g/mol. The molecule has 0 unspecified atom stereocenters. The Kier molecular flexibility index (Phi) is 4.95. The first-order valence-corrected chi connectivity index (χ1v) is 7.17. The maximum absolute atomic E-state index is 12.0. The van der Waals surface area contributed by atoms with Gasteiger partial charge in [0, 0.05) is 18.2 Å². The van der Waals surface area contributed by atoms with Crippen molar-refractivity contribution in [1.29, 1.82) is 0 Å². The number of H-pyrrole nitrogens is 1. The van der Waals surface area contributed by atoms with E-state index in [-0.39, 0.29) is 23.4 Å². The van der Waals surface area contributed by atoms with E-state index in [1.165, 1.54) is 0 Å². The van der Waals surface area contributed by atoms with Crippen molar-refractivity contribution in [2.75, 3.05) is 0 Å². The van der Waals surface area contributed by atoms with Crippen LogP contribution in [0.1, 0.15) is 51.6 Å².